The average molecular weight is 804 g/mol. The van der Waals surface area contributed by atoms with Gasteiger partial charge in [-0.3, -0.25) is 9.59 Å². The van der Waals surface area contributed by atoms with Gasteiger partial charge < -0.3 is 19.4 Å². The van der Waals surface area contributed by atoms with Crippen LogP contribution >= 0.6 is 11.7 Å². The van der Waals surface area contributed by atoms with Crippen molar-refractivity contribution in [2.45, 2.75) is 39.5 Å². The molecule has 10 rings (SSSR count). The molecule has 0 unspecified atom stereocenters. The van der Waals surface area contributed by atoms with Crippen molar-refractivity contribution < 1.29 is 36.1 Å². The third-order valence-electron chi connectivity index (χ3n) is 11.1. The van der Waals surface area contributed by atoms with Crippen molar-refractivity contribution >= 4 is 101 Å². The first-order valence-corrected chi connectivity index (χ1v) is 18.8. The summed E-state index contributed by atoms with van der Waals surface area (Å²) in [5.41, 5.74) is 15.7. The zero-order valence-electron chi connectivity index (χ0n) is 30.8. The molecule has 0 amide bonds. The van der Waals surface area contributed by atoms with Gasteiger partial charge in [-0.05, 0) is 98.8 Å². The zero-order valence-corrected chi connectivity index (χ0v) is 32.5. The van der Waals surface area contributed by atoms with E-state index < -0.39 is 0 Å². The number of hydrogen-bond donors (Lipinski definition) is 0. The van der Waals surface area contributed by atoms with Crippen LogP contribution in [-0.4, -0.2) is 44.9 Å². The Labute approximate surface area is 335 Å². The summed E-state index contributed by atoms with van der Waals surface area (Å²) < 4.78 is 19.3. The minimum atomic E-state index is -0.291. The van der Waals surface area contributed by atoms with Gasteiger partial charge in [0.2, 0.25) is 0 Å². The largest absolute Gasteiger partial charge is 2.00 e. The summed E-state index contributed by atoms with van der Waals surface area (Å²) in [6.45, 7) is 4.10. The van der Waals surface area contributed by atoms with E-state index in [1.165, 1.54) is 19.6 Å². The summed E-state index contributed by atoms with van der Waals surface area (Å²) in [5, 5.41) is 4.13. The van der Waals surface area contributed by atoms with Crippen LogP contribution in [0.25, 0.3) is 99.2 Å². The van der Waals surface area contributed by atoms with Crippen LogP contribution < -0.4 is 9.97 Å². The number of benzene rings is 3. The molecule has 56 heavy (non-hydrogen) atoms. The number of hydrogen-bond acceptors (Lipinski definition) is 9. The van der Waals surface area contributed by atoms with Crippen LogP contribution in [0.5, 0.6) is 0 Å². The molecular weight excluding hydrogens is 772 g/mol. The van der Waals surface area contributed by atoms with Crippen molar-refractivity contribution in [3.63, 3.8) is 0 Å². The summed E-state index contributed by atoms with van der Waals surface area (Å²) in [6.07, 6.45) is 1.30. The SMILES string of the molecule is COC(=O)CCC1=C(C)c2cc3[n-]c(cc4nc(cc5[n-]c(cc1n2)c1ccc2nsnc2c51)C(CCC(=O)OC)=C4C)c1c3-c2cccc3cccc-1c23.[Cu+2]. The number of carbonyl (C=O) groups excluding carboxylic acids is 2. The molecule has 0 atom stereocenters. The van der Waals surface area contributed by atoms with E-state index in [4.69, 9.17) is 33.8 Å². The quantitative estimate of drug-likeness (QED) is 0.118. The Hall–Kier alpha value is -5.94. The smallest absolute Gasteiger partial charge is 0.657 e. The number of methoxy groups -OCH3 is 2. The van der Waals surface area contributed by atoms with Crippen molar-refractivity contribution in [1.82, 2.24) is 28.7 Å². The normalized spacial score (nSPS) is 13.1. The van der Waals surface area contributed by atoms with Gasteiger partial charge in [0.15, 0.2) is 0 Å². The van der Waals surface area contributed by atoms with Crippen LogP contribution in [0.2, 0.25) is 0 Å². The number of allylic oxidation sites excluding steroid dienone is 4. The molecule has 0 spiro atoms. The summed E-state index contributed by atoms with van der Waals surface area (Å²) >= 11 is 1.16. The standard InChI is InChI=1S/C44H32N6O4S.Cu/c1-21-24(12-15-38(51)53-3)32-19-34-26-11-14-29-44(50-55-49-29)43(26)37(47-34)20-33-25(13-16-39(52)54-4)22(2)31(46-33)18-36-42-28-10-6-8-23-7-5-9-27(40(23)28)41(42)35(48-36)17-30(21)45-32;/h5-11,14,17-20H,12-13,15-16H2,1-4H3;/q-2;+2. The molecule has 3 aliphatic rings. The van der Waals surface area contributed by atoms with E-state index in [2.05, 4.69) is 66.8 Å². The van der Waals surface area contributed by atoms with Crippen molar-refractivity contribution in [3.8, 4) is 22.3 Å². The molecule has 0 N–H and O–H groups in total. The van der Waals surface area contributed by atoms with Crippen LogP contribution in [0.4, 0.5) is 0 Å². The van der Waals surface area contributed by atoms with E-state index in [0.29, 0.717) is 18.4 Å². The predicted molar refractivity (Wildman–Crippen MR) is 217 cm³/mol. The molecule has 1 radical (unpaired) electrons. The van der Waals surface area contributed by atoms with Gasteiger partial charge in [-0.25, -0.2) is 9.97 Å². The molecule has 1 aliphatic carbocycles. The maximum absolute atomic E-state index is 12.5. The molecule has 10 nitrogen and oxygen atoms in total. The summed E-state index contributed by atoms with van der Waals surface area (Å²) in [6, 6.07) is 24.9. The maximum atomic E-state index is 12.5. The fourth-order valence-electron chi connectivity index (χ4n) is 8.38. The first-order chi connectivity index (χ1) is 26.8. The number of aromatic nitrogens is 6. The van der Waals surface area contributed by atoms with E-state index in [1.54, 1.807) is 0 Å². The Kier molecular flexibility index (Phi) is 8.72. The number of carbonyl (C=O) groups is 2. The van der Waals surface area contributed by atoms with E-state index in [1.807, 2.05) is 24.3 Å². The van der Waals surface area contributed by atoms with E-state index in [-0.39, 0.29) is 41.8 Å². The minimum absolute atomic E-state index is 0. The van der Waals surface area contributed by atoms with Gasteiger partial charge in [-0.2, -0.15) is 8.75 Å². The van der Waals surface area contributed by atoms with Crippen LogP contribution in [-0.2, 0) is 36.1 Å². The fraction of sp³-hybridized carbons (Fsp3) is 0.182. The van der Waals surface area contributed by atoms with Crippen LogP contribution in [0.1, 0.15) is 62.3 Å². The van der Waals surface area contributed by atoms with Crippen molar-refractivity contribution in [3.05, 3.63) is 95.6 Å². The van der Waals surface area contributed by atoms with Gasteiger partial charge in [-0.1, -0.05) is 66.7 Å². The van der Waals surface area contributed by atoms with Gasteiger partial charge in [0, 0.05) is 12.8 Å². The Morgan fingerprint density at radius 3 is 1.75 bits per heavy atom. The van der Waals surface area contributed by atoms with Gasteiger partial charge in [0.1, 0.15) is 11.0 Å². The third kappa shape index (κ3) is 5.50. The molecule has 4 aromatic heterocycles. The molecule has 0 saturated carbocycles. The second kappa shape index (κ2) is 13.7. The van der Waals surface area contributed by atoms with Crippen molar-refractivity contribution in [2.75, 3.05) is 14.2 Å². The molecule has 279 valence electrons. The topological polar surface area (TPSA) is 132 Å². The van der Waals surface area contributed by atoms with Crippen LogP contribution in [0.3, 0.4) is 0 Å². The molecule has 6 heterocycles. The second-order valence-corrected chi connectivity index (χ2v) is 14.6. The molecule has 2 aliphatic heterocycles. The summed E-state index contributed by atoms with van der Waals surface area (Å²) in [7, 11) is 2.81. The number of rotatable bonds is 6. The Morgan fingerprint density at radius 1 is 0.643 bits per heavy atom. The van der Waals surface area contributed by atoms with E-state index >= 15 is 0 Å². The van der Waals surface area contributed by atoms with Gasteiger partial charge in [0.25, 0.3) is 0 Å². The van der Waals surface area contributed by atoms with Crippen molar-refractivity contribution in [2.24, 2.45) is 0 Å². The molecule has 7 aromatic rings. The Bertz CT molecular complexity index is 3090. The Balaban J connectivity index is 0.00000410. The van der Waals surface area contributed by atoms with E-state index in [0.717, 1.165) is 123 Å². The van der Waals surface area contributed by atoms with Crippen molar-refractivity contribution in [1.29, 1.82) is 0 Å². The first-order valence-electron chi connectivity index (χ1n) is 18.1. The molecular formula is C44H32CuN6O4S. The molecule has 0 saturated heterocycles. The second-order valence-electron chi connectivity index (χ2n) is 14.0. The van der Waals surface area contributed by atoms with Gasteiger partial charge >= 0.3 is 29.0 Å². The first kappa shape index (κ1) is 35.7. The number of fused-ring (bicyclic) bond motifs is 18. The average Bonchev–Trinajstić information content (AvgIpc) is 4.04. The number of nitrogens with zero attached hydrogens (tertiary/aromatic N) is 6. The fourth-order valence-corrected chi connectivity index (χ4v) is 8.92. The number of esters is 2. The molecule has 3 aromatic carbocycles. The maximum Gasteiger partial charge on any atom is 2.00 e. The van der Waals surface area contributed by atoms with Gasteiger partial charge in [-0.15, -0.1) is 22.1 Å². The summed E-state index contributed by atoms with van der Waals surface area (Å²) in [5.74, 6) is -0.579. The zero-order chi connectivity index (χ0) is 37.5. The molecule has 8 bridgehead atoms. The summed E-state index contributed by atoms with van der Waals surface area (Å²) in [4.78, 5) is 45.9. The van der Waals surface area contributed by atoms with Crippen LogP contribution in [0, 0.1) is 0 Å². The predicted octanol–water partition coefficient (Wildman–Crippen LogP) is 9.30. The minimum Gasteiger partial charge on any atom is -0.657 e. The van der Waals surface area contributed by atoms with E-state index in [9.17, 15) is 9.59 Å². The van der Waals surface area contributed by atoms with Crippen LogP contribution in [0.15, 0.2) is 72.8 Å². The Morgan fingerprint density at radius 2 is 1.18 bits per heavy atom. The van der Waals surface area contributed by atoms with Gasteiger partial charge in [0.05, 0.1) is 48.7 Å². The molecule has 0 fully saturated rings. The molecule has 12 heteroatoms. The monoisotopic (exact) mass is 803 g/mol. The number of ether oxygens (including phenoxy) is 2. The third-order valence-corrected chi connectivity index (χ3v) is 11.7.